The van der Waals surface area contributed by atoms with Gasteiger partial charge in [-0.1, -0.05) is 113 Å². The highest BCUT2D eigenvalue weighted by molar-refractivity contribution is 9.08. The Morgan fingerprint density at radius 3 is 1.50 bits per heavy atom. The minimum Gasteiger partial charge on any atom is -0.326 e. The number of hydrogen-bond donors (Lipinski definition) is 2. The Morgan fingerprint density at radius 1 is 0.658 bits per heavy atom. The van der Waals surface area contributed by atoms with Gasteiger partial charge in [0.05, 0.1) is 9.85 Å². The molecular formula is C28H32BrFN4O4. The molecule has 0 aliphatic rings. The maximum absolute atomic E-state index is 10.8. The third-order valence-electron chi connectivity index (χ3n) is 5.09. The molecule has 0 spiro atoms. The summed E-state index contributed by atoms with van der Waals surface area (Å²) in [7, 11) is 0. The predicted molar refractivity (Wildman–Crippen MR) is 155 cm³/mol. The summed E-state index contributed by atoms with van der Waals surface area (Å²) >= 11 is 3.17. The Hall–Kier alpha value is -3.99. The first-order valence-electron chi connectivity index (χ1n) is 11.5. The zero-order valence-electron chi connectivity index (χ0n) is 20.6. The van der Waals surface area contributed by atoms with Crippen LogP contribution in [0.2, 0.25) is 0 Å². The summed E-state index contributed by atoms with van der Waals surface area (Å²) in [6, 6.07) is 33.4. The number of benzene rings is 4. The van der Waals surface area contributed by atoms with Crippen LogP contribution in [0, 0.1) is 20.2 Å². The molecule has 0 atom stereocenters. The number of nitrogens with two attached hydrogens (primary N) is 1. The van der Waals surface area contributed by atoms with Gasteiger partial charge in [-0.05, 0) is 11.1 Å². The molecule has 0 fully saturated rings. The van der Waals surface area contributed by atoms with E-state index in [4.69, 9.17) is 5.73 Å². The molecule has 0 aliphatic heterocycles. The molecule has 38 heavy (non-hydrogen) atoms. The van der Waals surface area contributed by atoms with Gasteiger partial charge < -0.3 is 11.1 Å². The van der Waals surface area contributed by atoms with E-state index in [0.717, 1.165) is 5.56 Å². The van der Waals surface area contributed by atoms with E-state index in [-0.39, 0.29) is 27.4 Å². The molecule has 0 amide bonds. The molecule has 0 aliphatic carbocycles. The number of nitrogens with one attached hydrogen (secondary N) is 1. The highest BCUT2D eigenvalue weighted by Crippen LogP contribution is 2.19. The van der Waals surface area contributed by atoms with Crippen LogP contribution < -0.4 is 11.1 Å². The molecule has 202 valence electrons. The molecule has 0 radical (unpaired) electrons. The Balaban J connectivity index is 0.000000591. The highest BCUT2D eigenvalue weighted by Gasteiger charge is 2.11. The van der Waals surface area contributed by atoms with Crippen molar-refractivity contribution in [1.29, 1.82) is 0 Å². The van der Waals surface area contributed by atoms with Gasteiger partial charge in [0.15, 0.2) is 0 Å². The van der Waals surface area contributed by atoms with Gasteiger partial charge in [0, 0.05) is 49.7 Å². The van der Waals surface area contributed by atoms with Gasteiger partial charge in [-0.2, -0.15) is 0 Å². The molecule has 0 heterocycles. The van der Waals surface area contributed by atoms with E-state index in [1.807, 2.05) is 66.7 Å². The molecule has 0 aromatic heterocycles. The van der Waals surface area contributed by atoms with Gasteiger partial charge in [0.25, 0.3) is 11.4 Å². The SMILES string of the molecule is F.NCc1ccccc1.O=[N+]([O-])c1ccccc1CBr.O=[N+]([O-])c1ccccc1CNCc1ccccc1.[3HH]. The number of hydrogen-bond acceptors (Lipinski definition) is 6. The molecular weight excluding hydrogens is 555 g/mol. The van der Waals surface area contributed by atoms with E-state index < -0.39 is 0 Å². The standard InChI is InChI=1S/C14H14N2O2.C7H6BrNO2.C7H9N.FH.H2/c17-16(18)14-9-5-4-8-13(14)11-15-10-12-6-2-1-3-7-12;8-5-6-3-1-2-4-7(6)9(10)11;8-6-7-4-2-1-3-5-7;;/h1-9,15H,10-11H2;1-4H,5H2;1-5H,6,8H2;2*1H/i;;;;1+2. The maximum atomic E-state index is 10.8. The van der Waals surface area contributed by atoms with E-state index in [2.05, 4.69) is 21.2 Å². The summed E-state index contributed by atoms with van der Waals surface area (Å²) in [5, 5.41) is 24.9. The Bertz CT molecular complexity index is 1250. The lowest BCUT2D eigenvalue weighted by molar-refractivity contribution is -0.385. The van der Waals surface area contributed by atoms with Crippen molar-refractivity contribution in [1.82, 2.24) is 5.32 Å². The molecule has 0 saturated heterocycles. The van der Waals surface area contributed by atoms with Crippen LogP contribution in [0.5, 0.6) is 0 Å². The van der Waals surface area contributed by atoms with Gasteiger partial charge in [-0.3, -0.25) is 24.9 Å². The van der Waals surface area contributed by atoms with Gasteiger partial charge in [0.2, 0.25) is 0 Å². The maximum Gasteiger partial charge on any atom is 0.273 e. The molecule has 4 aromatic carbocycles. The summed E-state index contributed by atoms with van der Waals surface area (Å²) in [5.74, 6) is 0. The first kappa shape index (κ1) is 32.0. The zero-order chi connectivity index (χ0) is 26.9. The van der Waals surface area contributed by atoms with Crippen LogP contribution in [-0.4, -0.2) is 9.85 Å². The Morgan fingerprint density at radius 2 is 1.08 bits per heavy atom. The second kappa shape index (κ2) is 18.3. The molecule has 3 N–H and O–H groups in total. The average molecular weight is 589 g/mol. The normalized spacial score (nSPS) is 9.53. The van der Waals surface area contributed by atoms with Crippen molar-refractivity contribution in [2.75, 3.05) is 0 Å². The second-order valence-electron chi connectivity index (χ2n) is 7.68. The molecule has 4 rings (SSSR count). The highest BCUT2D eigenvalue weighted by atomic mass is 79.9. The van der Waals surface area contributed by atoms with Crippen molar-refractivity contribution in [2.24, 2.45) is 5.73 Å². The number of nitro groups is 2. The Kier molecular flexibility index (Phi) is 15.4. The molecule has 4 aromatic rings. The lowest BCUT2D eigenvalue weighted by Gasteiger charge is -2.05. The molecule has 10 heteroatoms. The molecule has 0 saturated carbocycles. The summed E-state index contributed by atoms with van der Waals surface area (Å²) < 4.78 is 0. The van der Waals surface area contributed by atoms with Crippen LogP contribution in [-0.2, 0) is 25.0 Å². The van der Waals surface area contributed by atoms with Crippen LogP contribution in [0.3, 0.4) is 0 Å². The van der Waals surface area contributed by atoms with Crippen molar-refractivity contribution in [3.63, 3.8) is 0 Å². The van der Waals surface area contributed by atoms with E-state index in [0.29, 0.717) is 36.1 Å². The quantitative estimate of drug-likeness (QED) is 0.131. The fraction of sp³-hybridized carbons (Fsp3) is 0.143. The minimum atomic E-state index is -0.378. The number of alkyl halides is 1. The predicted octanol–water partition coefficient (Wildman–Crippen LogP) is 6.92. The largest absolute Gasteiger partial charge is 0.326 e. The minimum absolute atomic E-state index is 0. The van der Waals surface area contributed by atoms with Crippen molar-refractivity contribution < 1.29 is 16.0 Å². The van der Waals surface area contributed by atoms with Crippen molar-refractivity contribution >= 4 is 27.3 Å². The zero-order valence-corrected chi connectivity index (χ0v) is 22.2. The van der Waals surface area contributed by atoms with Gasteiger partial charge >= 0.3 is 0 Å². The molecule has 0 unspecified atom stereocenters. The lowest BCUT2D eigenvalue weighted by Crippen LogP contribution is -2.13. The lowest BCUT2D eigenvalue weighted by atomic mass is 10.1. The first-order valence-corrected chi connectivity index (χ1v) is 12.6. The summed E-state index contributed by atoms with van der Waals surface area (Å²) in [6.45, 7) is 1.83. The first-order chi connectivity index (χ1) is 18.0. The van der Waals surface area contributed by atoms with Crippen molar-refractivity contribution in [3.8, 4) is 0 Å². The van der Waals surface area contributed by atoms with Gasteiger partial charge in [-0.25, -0.2) is 0 Å². The Labute approximate surface area is 230 Å². The molecule has 0 bridgehead atoms. The third kappa shape index (κ3) is 11.4. The number of nitro benzene ring substituents is 2. The average Bonchev–Trinajstić information content (AvgIpc) is 2.95. The number of para-hydroxylation sites is 2. The van der Waals surface area contributed by atoms with Crippen LogP contribution in [0.25, 0.3) is 0 Å². The fourth-order valence-electron chi connectivity index (χ4n) is 3.19. The fourth-order valence-corrected chi connectivity index (χ4v) is 3.67. The van der Waals surface area contributed by atoms with E-state index >= 15 is 0 Å². The van der Waals surface area contributed by atoms with E-state index in [1.165, 1.54) is 17.7 Å². The number of nitrogens with zero attached hydrogens (tertiary/aromatic N) is 2. The van der Waals surface area contributed by atoms with Crippen molar-refractivity contribution in [2.45, 2.75) is 25.0 Å². The summed E-state index contributed by atoms with van der Waals surface area (Å²) in [5.41, 5.74) is 9.45. The summed E-state index contributed by atoms with van der Waals surface area (Å²) in [6.07, 6.45) is 0. The van der Waals surface area contributed by atoms with Crippen LogP contribution in [0.15, 0.2) is 109 Å². The van der Waals surface area contributed by atoms with E-state index in [9.17, 15) is 20.2 Å². The topological polar surface area (TPSA) is 124 Å². The van der Waals surface area contributed by atoms with Gasteiger partial charge in [0.1, 0.15) is 0 Å². The smallest absolute Gasteiger partial charge is 0.273 e. The number of halogens is 2. The van der Waals surface area contributed by atoms with Gasteiger partial charge in [-0.15, -0.1) is 0 Å². The summed E-state index contributed by atoms with van der Waals surface area (Å²) in [4.78, 5) is 20.5. The molecule has 8 nitrogen and oxygen atoms in total. The van der Waals surface area contributed by atoms with Crippen molar-refractivity contribution in [3.05, 3.63) is 152 Å². The monoisotopic (exact) mass is 588 g/mol. The second-order valence-corrected chi connectivity index (χ2v) is 8.24. The van der Waals surface area contributed by atoms with E-state index in [1.54, 1.807) is 30.3 Å². The van der Waals surface area contributed by atoms with Crippen LogP contribution in [0.4, 0.5) is 16.1 Å². The third-order valence-corrected chi connectivity index (χ3v) is 5.69. The van der Waals surface area contributed by atoms with Crippen LogP contribution in [0.1, 0.15) is 23.7 Å². The number of rotatable bonds is 8. The van der Waals surface area contributed by atoms with Crippen LogP contribution >= 0.6 is 15.9 Å².